The second-order valence-corrected chi connectivity index (χ2v) is 25.0. The molecule has 0 atom stereocenters. The number of Topliss-reactive ketones (excluding diaryl/α,β-unsaturated/α-hetero) is 4. The van der Waals surface area contributed by atoms with Crippen molar-refractivity contribution < 1.29 is 94.0 Å². The average molecular weight is 1390 g/mol. The van der Waals surface area contributed by atoms with Crippen molar-refractivity contribution in [1.82, 2.24) is 19.9 Å². The monoisotopic (exact) mass is 1390 g/mol. The van der Waals surface area contributed by atoms with Gasteiger partial charge < -0.3 is 52.1 Å². The minimum Gasteiger partial charge on any atom is -0.471 e. The summed E-state index contributed by atoms with van der Waals surface area (Å²) in [7, 11) is 3.19. The highest BCUT2D eigenvalue weighted by molar-refractivity contribution is 7.24. The van der Waals surface area contributed by atoms with Gasteiger partial charge >= 0.3 is 11.9 Å². The zero-order valence-corrected chi connectivity index (χ0v) is 55.6. The van der Waals surface area contributed by atoms with Crippen LogP contribution in [0.15, 0.2) is 115 Å². The summed E-state index contributed by atoms with van der Waals surface area (Å²) in [4.78, 5) is 105. The molecule has 0 radical (unpaired) electrons. The number of hydrogen-bond donors (Lipinski definition) is 0. The molecule has 4 aromatic heterocycles. The maximum atomic E-state index is 14.5. The third kappa shape index (κ3) is 14.7. The Hall–Kier alpha value is -9.45. The number of carbonyl (C=O) groups excluding carboxylic acids is 6. The van der Waals surface area contributed by atoms with Crippen LogP contribution in [0, 0.1) is 31.3 Å². The Labute approximate surface area is 572 Å². The van der Waals surface area contributed by atoms with Gasteiger partial charge in [-0.15, -0.1) is 22.7 Å². The highest BCUT2D eigenvalue weighted by Gasteiger charge is 2.47. The van der Waals surface area contributed by atoms with Crippen LogP contribution in [0.2, 0.25) is 0 Å². The molecule has 510 valence electrons. The van der Waals surface area contributed by atoms with Gasteiger partial charge in [0.25, 0.3) is 0 Å². The summed E-state index contributed by atoms with van der Waals surface area (Å²) in [6, 6.07) is 22.1. The van der Waals surface area contributed by atoms with Crippen LogP contribution in [0.5, 0.6) is 5.75 Å². The van der Waals surface area contributed by atoms with Crippen LogP contribution in [0.4, 0.5) is 13.2 Å². The van der Waals surface area contributed by atoms with Gasteiger partial charge in [-0.3, -0.25) is 29.1 Å². The Morgan fingerprint density at radius 2 is 0.929 bits per heavy atom. The fourth-order valence-electron chi connectivity index (χ4n) is 11.6. The third-order valence-electron chi connectivity index (χ3n) is 16.3. The lowest BCUT2D eigenvalue weighted by molar-refractivity contribution is -0.00559. The topological polar surface area (TPSA) is 256 Å². The van der Waals surface area contributed by atoms with Gasteiger partial charge in [-0.2, -0.15) is 0 Å². The van der Waals surface area contributed by atoms with E-state index >= 15 is 0 Å². The zero-order chi connectivity index (χ0) is 69.3. The number of thiophene rings is 2. The maximum Gasteiger partial charge on any atom is 0.338 e. The van der Waals surface area contributed by atoms with E-state index in [1.54, 1.807) is 69.7 Å². The predicted molar refractivity (Wildman–Crippen MR) is 357 cm³/mol. The van der Waals surface area contributed by atoms with Crippen molar-refractivity contribution in [3.63, 3.8) is 0 Å². The van der Waals surface area contributed by atoms with E-state index in [0.717, 1.165) is 26.8 Å². The molecule has 0 unspecified atom stereocenters. The fraction of sp³-hybridized carbons (Fsp3) is 0.288. The Balaban J connectivity index is 0.926. The van der Waals surface area contributed by atoms with E-state index < -0.39 is 63.7 Å². The number of ketones is 4. The normalized spacial score (nSPS) is 14.1. The number of esters is 2. The van der Waals surface area contributed by atoms with Gasteiger partial charge in [-0.1, -0.05) is 24.3 Å². The molecule has 21 nitrogen and oxygen atoms in total. The van der Waals surface area contributed by atoms with Crippen molar-refractivity contribution in [2.75, 3.05) is 120 Å². The number of halogens is 3. The second kappa shape index (κ2) is 31.2. The Morgan fingerprint density at radius 3 is 1.42 bits per heavy atom. The molecule has 12 rings (SSSR count). The van der Waals surface area contributed by atoms with Gasteiger partial charge in [-0.05, 0) is 92.7 Å². The molecule has 0 amide bonds. The summed E-state index contributed by atoms with van der Waals surface area (Å²) in [6.07, 6.45) is 5.21. The maximum absolute atomic E-state index is 14.5. The summed E-state index contributed by atoms with van der Waals surface area (Å²) in [5, 5.41) is 0. The highest BCUT2D eigenvalue weighted by atomic mass is 32.1. The number of fused-ring (bicyclic) bond motifs is 7. The number of carbonyl (C=O) groups is 6. The fourth-order valence-corrected chi connectivity index (χ4v) is 13.9. The first kappa shape index (κ1) is 69.5. The first-order valence-corrected chi connectivity index (χ1v) is 33.0. The molecule has 26 heteroatoms. The molecule has 5 heterocycles. The molecule has 2 aliphatic carbocycles. The molecule has 0 spiro atoms. The van der Waals surface area contributed by atoms with Gasteiger partial charge in [0.15, 0.2) is 40.4 Å². The first-order valence-electron chi connectivity index (χ1n) is 31.4. The second-order valence-electron chi connectivity index (χ2n) is 22.7. The molecular weight excluding hydrogens is 1330 g/mol. The number of benzene rings is 5. The third-order valence-corrected chi connectivity index (χ3v) is 18.7. The largest absolute Gasteiger partial charge is 0.471 e. The van der Waals surface area contributed by atoms with E-state index in [1.165, 1.54) is 53.3 Å². The van der Waals surface area contributed by atoms with E-state index in [4.69, 9.17) is 72.0 Å². The van der Waals surface area contributed by atoms with Crippen LogP contribution < -0.4 is 4.74 Å². The molecule has 0 N–H and O–H groups in total. The molecule has 1 aliphatic heterocycles. The van der Waals surface area contributed by atoms with Crippen LogP contribution in [0.1, 0.15) is 101 Å². The van der Waals surface area contributed by atoms with Gasteiger partial charge in [0, 0.05) is 74.0 Å². The number of nitrogens with zero attached hydrogens (tertiary/aromatic N) is 4. The van der Waals surface area contributed by atoms with E-state index in [0.29, 0.717) is 117 Å². The Morgan fingerprint density at radius 1 is 0.485 bits per heavy atom. The number of rotatable bonds is 31. The van der Waals surface area contributed by atoms with Crippen LogP contribution in [0.3, 0.4) is 0 Å². The van der Waals surface area contributed by atoms with Gasteiger partial charge in [0.2, 0.25) is 0 Å². The molecule has 0 saturated carbocycles. The van der Waals surface area contributed by atoms with Crippen LogP contribution in [-0.2, 0) is 53.0 Å². The number of ether oxygens (including phenoxy) is 11. The predicted octanol–water partition coefficient (Wildman–Crippen LogP) is 11.4. The first-order chi connectivity index (χ1) is 48.1. The summed E-state index contributed by atoms with van der Waals surface area (Å²) < 4.78 is 105. The van der Waals surface area contributed by atoms with E-state index in [2.05, 4.69) is 0 Å². The SMILES string of the molecule is COCCOCCOCCOCCOC(=O)c1ccc(C2(c3ccc(C(=O)OCCOCCOCCOCCOC)cc3)Oc3cc(C)sc3-c3sc(-c4c5ncc(/C=C6\C(=O)c7ccc(F)cc7C6=O)nc5c(C)c5ncc(C=C6C(=O)c7cc(F)c(F)cc7C6=O)nc45)cc32)cc1. The van der Waals surface area contributed by atoms with Crippen molar-refractivity contribution in [1.29, 1.82) is 0 Å². The Kier molecular flexibility index (Phi) is 21.9. The lowest BCUT2D eigenvalue weighted by Gasteiger charge is -2.39. The lowest BCUT2D eigenvalue weighted by Crippen LogP contribution is -2.38. The molecule has 0 bridgehead atoms. The molecule has 0 fully saturated rings. The van der Waals surface area contributed by atoms with Crippen molar-refractivity contribution in [2.24, 2.45) is 0 Å². The van der Waals surface area contributed by atoms with E-state index in [1.807, 2.05) is 19.1 Å². The minimum absolute atomic E-state index is 0.0197. The van der Waals surface area contributed by atoms with Crippen molar-refractivity contribution >= 4 is 92.0 Å². The molecular formula is C73H63F3N4O17S2. The number of aromatic nitrogens is 4. The highest BCUT2D eigenvalue weighted by Crippen LogP contribution is 2.59. The van der Waals surface area contributed by atoms with Crippen LogP contribution in [-0.4, -0.2) is 175 Å². The molecule has 3 aliphatic rings. The quantitative estimate of drug-likeness (QED) is 0.0129. The van der Waals surface area contributed by atoms with Crippen LogP contribution >= 0.6 is 22.7 Å². The van der Waals surface area contributed by atoms with Crippen molar-refractivity contribution in [2.45, 2.75) is 19.4 Å². The molecule has 99 heavy (non-hydrogen) atoms. The Bertz CT molecular complexity index is 4560. The van der Waals surface area contributed by atoms with Gasteiger partial charge in [-0.25, -0.2) is 32.7 Å². The molecule has 0 saturated heterocycles. The van der Waals surface area contributed by atoms with Gasteiger partial charge in [0.1, 0.15) is 30.3 Å². The summed E-state index contributed by atoms with van der Waals surface area (Å²) >= 11 is 2.83. The standard InChI is InChI=1S/C73H63F3N4O17S2/c1-40-31-58-70(98-40)69-55(73(97-58,44-9-5-42(6-10-44)71(85)95-29-27-93-25-23-91-21-19-89-17-15-87-3)45-11-7-43(8-12-45)72(86)96-30-28-94-26-24-92-22-20-90-18-16-88-4)37-59(99-69)60-63-62(79-47(39-78-63)33-53-65(81)49-14-13-46(74)32-50(49)66(53)82)41(2)61-64(60)80-48(38-77-61)34-54-67(83)51-35-56(75)57(76)36-52(51)68(54)84/h5-14,31-39H,15-30H2,1-4H3/b53-33+. The zero-order valence-electron chi connectivity index (χ0n) is 54.0. The smallest absolute Gasteiger partial charge is 0.338 e. The van der Waals surface area contributed by atoms with Crippen LogP contribution in [0.25, 0.3) is 54.4 Å². The summed E-state index contributed by atoms with van der Waals surface area (Å²) in [6.45, 7) is 8.42. The lowest BCUT2D eigenvalue weighted by atomic mass is 9.78. The number of aryl methyl sites for hydroxylation is 2. The summed E-state index contributed by atoms with van der Waals surface area (Å²) in [5.41, 5.74) is 1.18. The van der Waals surface area contributed by atoms with Gasteiger partial charge in [0.05, 0.1) is 165 Å². The van der Waals surface area contributed by atoms with Crippen molar-refractivity contribution in [3.8, 4) is 25.9 Å². The number of methoxy groups -OCH3 is 2. The average Bonchev–Trinajstić information content (AvgIpc) is 1.61. The number of allylic oxidation sites excluding steroid dienone is 2. The summed E-state index contributed by atoms with van der Waals surface area (Å²) in [5.74, 6) is -7.02. The van der Waals surface area contributed by atoms with Crippen molar-refractivity contribution in [3.05, 3.63) is 204 Å². The molecule has 9 aromatic rings. The number of hydrogen-bond acceptors (Lipinski definition) is 23. The molecule has 5 aromatic carbocycles. The minimum atomic E-state index is -1.58. The van der Waals surface area contributed by atoms with E-state index in [-0.39, 0.29) is 112 Å². The van der Waals surface area contributed by atoms with E-state index in [9.17, 15) is 41.9 Å².